The number of ketones is 1. The van der Waals surface area contributed by atoms with Crippen molar-refractivity contribution in [2.75, 3.05) is 7.11 Å². The summed E-state index contributed by atoms with van der Waals surface area (Å²) < 4.78 is 30.5. The van der Waals surface area contributed by atoms with Gasteiger partial charge in [0, 0.05) is 10.0 Å². The molecule has 5 heteroatoms. The number of benzene rings is 1. The third-order valence-corrected chi connectivity index (χ3v) is 2.64. The van der Waals surface area contributed by atoms with E-state index in [0.717, 1.165) is 0 Å². The summed E-state index contributed by atoms with van der Waals surface area (Å²) in [6.07, 6.45) is -2.71. The summed E-state index contributed by atoms with van der Waals surface area (Å²) in [6, 6.07) is 2.92. The highest BCUT2D eigenvalue weighted by Crippen LogP contribution is 2.36. The fraction of sp³-hybridized carbons (Fsp3) is 0.300. The predicted molar refractivity (Wildman–Crippen MR) is 55.7 cm³/mol. The van der Waals surface area contributed by atoms with Gasteiger partial charge in [0.25, 0.3) is 6.43 Å². The topological polar surface area (TPSA) is 26.3 Å². The van der Waals surface area contributed by atoms with Gasteiger partial charge >= 0.3 is 0 Å². The molecule has 0 fully saturated rings. The molecule has 0 amide bonds. The van der Waals surface area contributed by atoms with Crippen LogP contribution in [-0.4, -0.2) is 12.9 Å². The first kappa shape index (κ1) is 12.1. The Labute approximate surface area is 94.4 Å². The Morgan fingerprint density at radius 2 is 2.07 bits per heavy atom. The van der Waals surface area contributed by atoms with Crippen LogP contribution in [-0.2, 0) is 0 Å². The molecule has 0 saturated heterocycles. The number of ether oxygens (including phenoxy) is 1. The second-order valence-electron chi connectivity index (χ2n) is 2.90. The van der Waals surface area contributed by atoms with Crippen LogP contribution in [0.3, 0.4) is 0 Å². The van der Waals surface area contributed by atoms with E-state index < -0.39 is 12.2 Å². The van der Waals surface area contributed by atoms with Gasteiger partial charge in [-0.15, -0.1) is 0 Å². The molecule has 0 aliphatic heterocycles. The summed E-state index contributed by atoms with van der Waals surface area (Å²) in [5.41, 5.74) is -0.385. The maximum Gasteiger partial charge on any atom is 0.265 e. The van der Waals surface area contributed by atoms with Crippen molar-refractivity contribution in [2.45, 2.75) is 13.3 Å². The predicted octanol–water partition coefficient (Wildman–Crippen LogP) is 3.60. The number of hydrogen-bond donors (Lipinski definition) is 0. The maximum absolute atomic E-state index is 12.7. The highest BCUT2D eigenvalue weighted by atomic mass is 79.9. The van der Waals surface area contributed by atoms with Gasteiger partial charge in [0.2, 0.25) is 0 Å². The highest BCUT2D eigenvalue weighted by Gasteiger charge is 2.23. The fourth-order valence-electron chi connectivity index (χ4n) is 1.32. The molecule has 0 atom stereocenters. The van der Waals surface area contributed by atoms with Gasteiger partial charge < -0.3 is 4.74 Å². The summed E-state index contributed by atoms with van der Waals surface area (Å²) in [6.45, 7) is 1.23. The average Bonchev–Trinajstić information content (AvgIpc) is 2.16. The molecule has 0 bridgehead atoms. The van der Waals surface area contributed by atoms with E-state index in [1.165, 1.54) is 26.2 Å². The van der Waals surface area contributed by atoms with Crippen molar-refractivity contribution in [1.29, 1.82) is 0 Å². The van der Waals surface area contributed by atoms with E-state index in [2.05, 4.69) is 15.9 Å². The molecule has 0 heterocycles. The lowest BCUT2D eigenvalue weighted by atomic mass is 10.0. The maximum atomic E-state index is 12.7. The summed E-state index contributed by atoms with van der Waals surface area (Å²) in [7, 11) is 1.34. The quantitative estimate of drug-likeness (QED) is 0.790. The van der Waals surface area contributed by atoms with Crippen LogP contribution in [0.25, 0.3) is 0 Å². The molecule has 1 rings (SSSR count). The van der Waals surface area contributed by atoms with E-state index in [-0.39, 0.29) is 21.3 Å². The Kier molecular flexibility index (Phi) is 3.79. The summed E-state index contributed by atoms with van der Waals surface area (Å²) in [5, 5.41) is 0. The lowest BCUT2D eigenvalue weighted by Crippen LogP contribution is -2.04. The zero-order chi connectivity index (χ0) is 11.6. The van der Waals surface area contributed by atoms with Crippen LogP contribution in [0.1, 0.15) is 29.3 Å². The number of rotatable bonds is 3. The molecule has 0 N–H and O–H groups in total. The van der Waals surface area contributed by atoms with Crippen LogP contribution in [0.4, 0.5) is 8.78 Å². The van der Waals surface area contributed by atoms with Crippen molar-refractivity contribution in [3.63, 3.8) is 0 Å². The Balaban J connectivity index is 3.51. The first-order valence-electron chi connectivity index (χ1n) is 4.14. The Morgan fingerprint density at radius 1 is 1.47 bits per heavy atom. The number of alkyl halides is 2. The molecular formula is C10H9BrF2O2. The number of carbonyl (C=O) groups excluding carboxylic acids is 1. The molecule has 0 radical (unpaired) electrons. The minimum absolute atomic E-state index is 0.0677. The number of methoxy groups -OCH3 is 1. The fourth-order valence-corrected chi connectivity index (χ4v) is 1.82. The van der Waals surface area contributed by atoms with E-state index in [1.54, 1.807) is 0 Å². The SMILES string of the molecule is COc1ccc(Br)c(C(F)F)c1C(C)=O. The molecule has 0 unspecified atom stereocenters. The molecule has 0 aromatic heterocycles. The molecule has 0 saturated carbocycles. The van der Waals surface area contributed by atoms with Crippen LogP contribution in [0.15, 0.2) is 16.6 Å². The van der Waals surface area contributed by atoms with Gasteiger partial charge in [-0.25, -0.2) is 8.78 Å². The molecule has 15 heavy (non-hydrogen) atoms. The van der Waals surface area contributed by atoms with Crippen molar-refractivity contribution in [3.05, 3.63) is 27.7 Å². The van der Waals surface area contributed by atoms with Gasteiger partial charge in [0.15, 0.2) is 5.78 Å². The van der Waals surface area contributed by atoms with E-state index >= 15 is 0 Å². The molecule has 0 aliphatic rings. The second kappa shape index (κ2) is 4.70. The molecule has 0 spiro atoms. The van der Waals surface area contributed by atoms with Crippen molar-refractivity contribution in [3.8, 4) is 5.75 Å². The number of carbonyl (C=O) groups is 1. The van der Waals surface area contributed by atoms with Crippen LogP contribution in [0, 0.1) is 0 Å². The molecule has 1 aromatic rings. The molecule has 2 nitrogen and oxygen atoms in total. The van der Waals surface area contributed by atoms with E-state index in [4.69, 9.17) is 4.74 Å². The first-order chi connectivity index (χ1) is 6.99. The lowest BCUT2D eigenvalue weighted by molar-refractivity contribution is 0.0994. The zero-order valence-corrected chi connectivity index (χ0v) is 9.77. The highest BCUT2D eigenvalue weighted by molar-refractivity contribution is 9.10. The van der Waals surface area contributed by atoms with E-state index in [9.17, 15) is 13.6 Å². The third-order valence-electron chi connectivity index (χ3n) is 1.94. The molecule has 1 aromatic carbocycles. The zero-order valence-electron chi connectivity index (χ0n) is 8.18. The Morgan fingerprint density at radius 3 is 2.47 bits per heavy atom. The van der Waals surface area contributed by atoms with Crippen LogP contribution in [0.2, 0.25) is 0 Å². The Bertz CT molecular complexity index is 391. The number of hydrogen-bond acceptors (Lipinski definition) is 2. The standard InChI is InChI=1S/C10H9BrF2O2/c1-5(14)8-7(15-2)4-3-6(11)9(8)10(12)13/h3-4,10H,1-2H3. The lowest BCUT2D eigenvalue weighted by Gasteiger charge is -2.12. The monoisotopic (exact) mass is 278 g/mol. The van der Waals surface area contributed by atoms with Gasteiger partial charge in [-0.2, -0.15) is 0 Å². The van der Waals surface area contributed by atoms with E-state index in [0.29, 0.717) is 0 Å². The number of halogens is 3. The van der Waals surface area contributed by atoms with Crippen molar-refractivity contribution in [1.82, 2.24) is 0 Å². The smallest absolute Gasteiger partial charge is 0.265 e. The summed E-state index contributed by atoms with van der Waals surface area (Å²) >= 11 is 2.99. The Hall–Kier alpha value is -0.970. The van der Waals surface area contributed by atoms with Crippen LogP contribution >= 0.6 is 15.9 Å². The van der Waals surface area contributed by atoms with Crippen molar-refractivity contribution in [2.24, 2.45) is 0 Å². The minimum Gasteiger partial charge on any atom is -0.496 e. The van der Waals surface area contributed by atoms with Crippen LogP contribution in [0.5, 0.6) is 5.75 Å². The second-order valence-corrected chi connectivity index (χ2v) is 3.75. The first-order valence-corrected chi connectivity index (χ1v) is 4.93. The molecule has 82 valence electrons. The third kappa shape index (κ3) is 2.34. The summed E-state index contributed by atoms with van der Waals surface area (Å²) in [5.74, 6) is -0.274. The van der Waals surface area contributed by atoms with E-state index in [1.807, 2.05) is 0 Å². The summed E-state index contributed by atoms with van der Waals surface area (Å²) in [4.78, 5) is 11.3. The van der Waals surface area contributed by atoms with Gasteiger partial charge in [-0.3, -0.25) is 4.79 Å². The number of Topliss-reactive ketones (excluding diaryl/α,β-unsaturated/α-hetero) is 1. The van der Waals surface area contributed by atoms with Gasteiger partial charge in [0.05, 0.1) is 12.7 Å². The van der Waals surface area contributed by atoms with Gasteiger partial charge in [-0.1, -0.05) is 15.9 Å². The largest absolute Gasteiger partial charge is 0.496 e. The minimum atomic E-state index is -2.71. The molecular weight excluding hydrogens is 270 g/mol. The average molecular weight is 279 g/mol. The van der Waals surface area contributed by atoms with Crippen molar-refractivity contribution >= 4 is 21.7 Å². The van der Waals surface area contributed by atoms with Gasteiger partial charge in [0.1, 0.15) is 5.75 Å². The molecule has 0 aliphatic carbocycles. The van der Waals surface area contributed by atoms with Crippen molar-refractivity contribution < 1.29 is 18.3 Å². The van der Waals surface area contributed by atoms with Gasteiger partial charge in [-0.05, 0) is 19.1 Å². The normalized spacial score (nSPS) is 10.5. The van der Waals surface area contributed by atoms with Crippen LogP contribution < -0.4 is 4.74 Å².